The second kappa shape index (κ2) is 7.41. The lowest BCUT2D eigenvalue weighted by Gasteiger charge is -2.32. The highest BCUT2D eigenvalue weighted by Gasteiger charge is 2.18. The molecule has 0 spiro atoms. The van der Waals surface area contributed by atoms with Crippen LogP contribution in [-0.2, 0) is 0 Å². The largest absolute Gasteiger partial charge is 0.370 e. The molecule has 1 saturated heterocycles. The van der Waals surface area contributed by atoms with Gasteiger partial charge in [0.2, 0.25) is 0 Å². The van der Waals surface area contributed by atoms with Crippen LogP contribution in [0.2, 0.25) is 0 Å². The highest BCUT2D eigenvalue weighted by Crippen LogP contribution is 2.25. The zero-order valence-corrected chi connectivity index (χ0v) is 13.0. The molecule has 116 valence electrons. The first-order valence-corrected chi connectivity index (χ1v) is 7.85. The number of nitrogens with one attached hydrogen (secondary N) is 1. The Morgan fingerprint density at radius 2 is 2.24 bits per heavy atom. The molecule has 5 heteroatoms. The average molecular weight is 291 g/mol. The van der Waals surface area contributed by atoms with Crippen LogP contribution in [0.4, 0.5) is 11.4 Å². The van der Waals surface area contributed by atoms with E-state index in [9.17, 15) is 10.1 Å². The first kappa shape index (κ1) is 15.8. The molecule has 1 heterocycles. The highest BCUT2D eigenvalue weighted by molar-refractivity contribution is 5.55. The molecule has 1 aliphatic rings. The van der Waals surface area contributed by atoms with Gasteiger partial charge in [-0.25, -0.2) is 0 Å². The van der Waals surface area contributed by atoms with Crippen LogP contribution in [0.1, 0.15) is 38.2 Å². The summed E-state index contributed by atoms with van der Waals surface area (Å²) in [4.78, 5) is 13.0. The summed E-state index contributed by atoms with van der Waals surface area (Å²) in [5.74, 6) is 0. The molecular formula is C16H25N3O2. The van der Waals surface area contributed by atoms with Crippen molar-refractivity contribution in [2.24, 2.45) is 0 Å². The van der Waals surface area contributed by atoms with Crippen molar-refractivity contribution in [2.75, 3.05) is 24.5 Å². The van der Waals surface area contributed by atoms with Crippen molar-refractivity contribution in [1.29, 1.82) is 0 Å². The summed E-state index contributed by atoms with van der Waals surface area (Å²) in [7, 11) is 0. The van der Waals surface area contributed by atoms with Gasteiger partial charge in [0, 0.05) is 36.4 Å². The molecule has 1 N–H and O–H groups in total. The monoisotopic (exact) mass is 291 g/mol. The average Bonchev–Trinajstić information content (AvgIpc) is 2.47. The van der Waals surface area contributed by atoms with Gasteiger partial charge in [-0.05, 0) is 44.9 Å². The van der Waals surface area contributed by atoms with Crippen LogP contribution in [-0.4, -0.2) is 30.6 Å². The quantitative estimate of drug-likeness (QED) is 0.645. The van der Waals surface area contributed by atoms with E-state index in [1.165, 1.54) is 19.3 Å². The molecule has 1 aliphatic heterocycles. The standard InChI is InChI=1S/C16H25N3O2/c1-3-10-18(12-14-6-4-5-9-17-14)15-7-8-16(19(20)21)13(2)11-15/h7-8,11,14,17H,3-6,9-10,12H2,1-2H3. The van der Waals surface area contributed by atoms with Gasteiger partial charge in [-0.2, -0.15) is 0 Å². The summed E-state index contributed by atoms with van der Waals surface area (Å²) in [6, 6.07) is 5.97. The maximum Gasteiger partial charge on any atom is 0.272 e. The molecular weight excluding hydrogens is 266 g/mol. The van der Waals surface area contributed by atoms with E-state index in [2.05, 4.69) is 17.1 Å². The molecule has 0 saturated carbocycles. The number of aryl methyl sites for hydroxylation is 1. The van der Waals surface area contributed by atoms with Crippen molar-refractivity contribution in [3.8, 4) is 0 Å². The Labute approximate surface area is 126 Å². The number of hydrogen-bond donors (Lipinski definition) is 1. The summed E-state index contributed by atoms with van der Waals surface area (Å²) >= 11 is 0. The van der Waals surface area contributed by atoms with Crippen molar-refractivity contribution < 1.29 is 4.92 Å². The maximum absolute atomic E-state index is 10.9. The van der Waals surface area contributed by atoms with Gasteiger partial charge in [0.05, 0.1) is 4.92 Å². The summed E-state index contributed by atoms with van der Waals surface area (Å²) in [6.07, 6.45) is 4.84. The lowest BCUT2D eigenvalue weighted by molar-refractivity contribution is -0.385. The van der Waals surface area contributed by atoms with Crippen LogP contribution in [0.5, 0.6) is 0 Å². The molecule has 21 heavy (non-hydrogen) atoms. The van der Waals surface area contributed by atoms with Gasteiger partial charge in [0.25, 0.3) is 5.69 Å². The molecule has 0 radical (unpaired) electrons. The van der Waals surface area contributed by atoms with Gasteiger partial charge >= 0.3 is 0 Å². The first-order chi connectivity index (χ1) is 10.1. The number of benzene rings is 1. The third-order valence-electron chi connectivity index (χ3n) is 4.09. The van der Waals surface area contributed by atoms with Crippen LogP contribution in [0.15, 0.2) is 18.2 Å². The number of nitro benzene ring substituents is 1. The van der Waals surface area contributed by atoms with E-state index < -0.39 is 0 Å². The molecule has 1 aromatic rings. The number of nitrogens with zero attached hydrogens (tertiary/aromatic N) is 2. The number of nitro groups is 1. The van der Waals surface area contributed by atoms with E-state index in [0.29, 0.717) is 6.04 Å². The van der Waals surface area contributed by atoms with Gasteiger partial charge in [0.15, 0.2) is 0 Å². The minimum atomic E-state index is -0.314. The molecule has 0 bridgehead atoms. The fourth-order valence-electron chi connectivity index (χ4n) is 2.98. The van der Waals surface area contributed by atoms with Gasteiger partial charge in [-0.15, -0.1) is 0 Å². The van der Waals surface area contributed by atoms with Gasteiger partial charge < -0.3 is 10.2 Å². The lowest BCUT2D eigenvalue weighted by atomic mass is 10.0. The minimum absolute atomic E-state index is 0.200. The molecule has 0 aromatic heterocycles. The Balaban J connectivity index is 2.13. The molecule has 1 fully saturated rings. The molecule has 0 amide bonds. The molecule has 1 aromatic carbocycles. The topological polar surface area (TPSA) is 58.4 Å². The van der Waals surface area contributed by atoms with Gasteiger partial charge in [-0.3, -0.25) is 10.1 Å². The van der Waals surface area contributed by atoms with Crippen LogP contribution < -0.4 is 10.2 Å². The molecule has 2 rings (SSSR count). The van der Waals surface area contributed by atoms with Crippen molar-refractivity contribution in [2.45, 2.75) is 45.6 Å². The Kier molecular flexibility index (Phi) is 5.56. The fourth-order valence-corrected chi connectivity index (χ4v) is 2.98. The highest BCUT2D eigenvalue weighted by atomic mass is 16.6. The van der Waals surface area contributed by atoms with Crippen molar-refractivity contribution in [3.05, 3.63) is 33.9 Å². The predicted octanol–water partition coefficient (Wildman–Crippen LogP) is 3.26. The Bertz CT molecular complexity index is 484. The second-order valence-electron chi connectivity index (χ2n) is 5.82. The van der Waals surface area contributed by atoms with E-state index in [1.807, 2.05) is 19.1 Å². The smallest absolute Gasteiger partial charge is 0.272 e. The molecule has 0 aliphatic carbocycles. The van der Waals surface area contributed by atoms with Crippen molar-refractivity contribution in [3.63, 3.8) is 0 Å². The second-order valence-corrected chi connectivity index (χ2v) is 5.82. The van der Waals surface area contributed by atoms with E-state index in [0.717, 1.165) is 37.3 Å². The van der Waals surface area contributed by atoms with Crippen LogP contribution >= 0.6 is 0 Å². The molecule has 5 nitrogen and oxygen atoms in total. The SMILES string of the molecule is CCCN(CC1CCCCN1)c1ccc([N+](=O)[O-])c(C)c1. The summed E-state index contributed by atoms with van der Waals surface area (Å²) in [6.45, 7) is 7.04. The zero-order chi connectivity index (χ0) is 15.2. The van der Waals surface area contributed by atoms with Gasteiger partial charge in [0.1, 0.15) is 0 Å². The van der Waals surface area contributed by atoms with Crippen molar-refractivity contribution >= 4 is 11.4 Å². The molecule has 1 unspecified atom stereocenters. The predicted molar refractivity (Wildman–Crippen MR) is 86.0 cm³/mol. The number of piperidine rings is 1. The van der Waals surface area contributed by atoms with Gasteiger partial charge in [-0.1, -0.05) is 13.3 Å². The first-order valence-electron chi connectivity index (χ1n) is 7.85. The lowest BCUT2D eigenvalue weighted by Crippen LogP contribution is -2.44. The van der Waals surface area contributed by atoms with E-state index in [-0.39, 0.29) is 10.6 Å². The van der Waals surface area contributed by atoms with E-state index in [4.69, 9.17) is 0 Å². The third kappa shape index (κ3) is 4.17. The number of anilines is 1. The fraction of sp³-hybridized carbons (Fsp3) is 0.625. The van der Waals surface area contributed by atoms with Crippen LogP contribution in [0.25, 0.3) is 0 Å². The van der Waals surface area contributed by atoms with Crippen LogP contribution in [0.3, 0.4) is 0 Å². The Hall–Kier alpha value is -1.62. The maximum atomic E-state index is 10.9. The van der Waals surface area contributed by atoms with Crippen molar-refractivity contribution in [1.82, 2.24) is 5.32 Å². The zero-order valence-electron chi connectivity index (χ0n) is 13.0. The summed E-state index contributed by atoms with van der Waals surface area (Å²) in [5, 5.41) is 14.5. The number of rotatable bonds is 6. The molecule has 1 atom stereocenters. The summed E-state index contributed by atoms with van der Waals surface area (Å²) < 4.78 is 0. The van der Waals surface area contributed by atoms with E-state index >= 15 is 0 Å². The summed E-state index contributed by atoms with van der Waals surface area (Å²) in [5.41, 5.74) is 2.02. The third-order valence-corrected chi connectivity index (χ3v) is 4.09. The van der Waals surface area contributed by atoms with Crippen LogP contribution in [0, 0.1) is 17.0 Å². The Morgan fingerprint density at radius 3 is 2.81 bits per heavy atom. The van der Waals surface area contributed by atoms with E-state index in [1.54, 1.807) is 6.07 Å². The normalized spacial score (nSPS) is 18.5. The minimum Gasteiger partial charge on any atom is -0.370 e. The number of hydrogen-bond acceptors (Lipinski definition) is 4. The Morgan fingerprint density at radius 1 is 1.43 bits per heavy atom.